The second-order valence-corrected chi connectivity index (χ2v) is 6.61. The molecule has 0 aliphatic carbocycles. The Morgan fingerprint density at radius 2 is 1.97 bits per heavy atom. The average Bonchev–Trinajstić information content (AvgIpc) is 2.98. The van der Waals surface area contributed by atoms with Crippen LogP contribution in [0.5, 0.6) is 11.5 Å². The number of amides is 2. The number of halogens is 1. The Morgan fingerprint density at radius 1 is 1.17 bits per heavy atom. The summed E-state index contributed by atoms with van der Waals surface area (Å²) in [6, 6.07) is 10.2. The summed E-state index contributed by atoms with van der Waals surface area (Å²) in [4.78, 5) is 25.2. The van der Waals surface area contributed by atoms with Gasteiger partial charge in [-0.2, -0.15) is 0 Å². The van der Waals surface area contributed by atoms with Gasteiger partial charge in [0.25, 0.3) is 11.8 Å². The Labute approximate surface area is 174 Å². The number of carbonyl (C=O) groups is 2. The summed E-state index contributed by atoms with van der Waals surface area (Å²) in [6.45, 7) is 4.23. The molecule has 0 unspecified atom stereocenters. The van der Waals surface area contributed by atoms with E-state index in [0.29, 0.717) is 34.4 Å². The SMILES string of the molecule is C#CCOc1ccc(/C=C2/C(=O)NN(c3ccc(C)c(Cl)c3)C2=O)cc1OCC. The van der Waals surface area contributed by atoms with Crippen molar-refractivity contribution in [1.29, 1.82) is 0 Å². The number of anilines is 1. The molecule has 2 aromatic rings. The summed E-state index contributed by atoms with van der Waals surface area (Å²) in [5.74, 6) is 2.39. The molecule has 148 valence electrons. The summed E-state index contributed by atoms with van der Waals surface area (Å²) in [5, 5.41) is 1.68. The van der Waals surface area contributed by atoms with Crippen LogP contribution in [-0.4, -0.2) is 25.0 Å². The first-order valence-electron chi connectivity index (χ1n) is 8.91. The first-order chi connectivity index (χ1) is 13.9. The largest absolute Gasteiger partial charge is 0.490 e. The van der Waals surface area contributed by atoms with Crippen LogP contribution >= 0.6 is 11.6 Å². The Hall–Kier alpha value is -3.43. The van der Waals surface area contributed by atoms with Crippen molar-refractivity contribution in [2.45, 2.75) is 13.8 Å². The number of hydrogen-bond acceptors (Lipinski definition) is 4. The van der Waals surface area contributed by atoms with Gasteiger partial charge in [-0.15, -0.1) is 6.42 Å². The van der Waals surface area contributed by atoms with Crippen LogP contribution in [0.2, 0.25) is 5.02 Å². The van der Waals surface area contributed by atoms with Crippen LogP contribution in [0.4, 0.5) is 5.69 Å². The zero-order chi connectivity index (χ0) is 21.0. The third kappa shape index (κ3) is 4.36. The number of benzene rings is 2. The van der Waals surface area contributed by atoms with E-state index in [2.05, 4.69) is 11.3 Å². The Bertz CT molecular complexity index is 1040. The number of rotatable bonds is 6. The number of aryl methyl sites for hydroxylation is 1. The molecule has 0 atom stereocenters. The molecule has 0 radical (unpaired) electrons. The summed E-state index contributed by atoms with van der Waals surface area (Å²) in [6.07, 6.45) is 6.73. The summed E-state index contributed by atoms with van der Waals surface area (Å²) in [7, 11) is 0. The van der Waals surface area contributed by atoms with Gasteiger partial charge >= 0.3 is 0 Å². The maximum absolute atomic E-state index is 12.8. The quantitative estimate of drug-likeness (QED) is 0.449. The molecule has 1 heterocycles. The lowest BCUT2D eigenvalue weighted by molar-refractivity contribution is -0.117. The van der Waals surface area contributed by atoms with E-state index in [4.69, 9.17) is 27.5 Å². The molecule has 0 aromatic heterocycles. The zero-order valence-electron chi connectivity index (χ0n) is 16.0. The zero-order valence-corrected chi connectivity index (χ0v) is 16.7. The second-order valence-electron chi connectivity index (χ2n) is 6.20. The highest BCUT2D eigenvalue weighted by Crippen LogP contribution is 2.31. The molecular weight excluding hydrogens is 392 g/mol. The fraction of sp³-hybridized carbons (Fsp3) is 0.182. The van der Waals surface area contributed by atoms with Crippen molar-refractivity contribution in [3.63, 3.8) is 0 Å². The van der Waals surface area contributed by atoms with Crippen LogP contribution in [0, 0.1) is 19.3 Å². The Balaban J connectivity index is 1.90. The van der Waals surface area contributed by atoms with Gasteiger partial charge in [0.05, 0.1) is 12.3 Å². The van der Waals surface area contributed by atoms with Gasteiger partial charge < -0.3 is 9.47 Å². The highest BCUT2D eigenvalue weighted by molar-refractivity contribution is 6.33. The van der Waals surface area contributed by atoms with Crippen molar-refractivity contribution >= 4 is 35.2 Å². The Kier molecular flexibility index (Phi) is 6.10. The lowest BCUT2D eigenvalue weighted by atomic mass is 10.1. The number of nitrogens with zero attached hydrogens (tertiary/aromatic N) is 1. The van der Waals surface area contributed by atoms with Gasteiger partial charge in [-0.05, 0) is 55.3 Å². The second kappa shape index (κ2) is 8.72. The van der Waals surface area contributed by atoms with Gasteiger partial charge in [-0.25, -0.2) is 5.01 Å². The van der Waals surface area contributed by atoms with E-state index < -0.39 is 11.8 Å². The summed E-state index contributed by atoms with van der Waals surface area (Å²) in [5.41, 5.74) is 4.53. The van der Waals surface area contributed by atoms with Gasteiger partial charge in [0.15, 0.2) is 11.5 Å². The van der Waals surface area contributed by atoms with Crippen molar-refractivity contribution in [1.82, 2.24) is 5.43 Å². The van der Waals surface area contributed by atoms with E-state index in [-0.39, 0.29) is 12.2 Å². The third-order valence-corrected chi connectivity index (χ3v) is 4.60. The van der Waals surface area contributed by atoms with E-state index in [1.54, 1.807) is 36.4 Å². The molecule has 0 bridgehead atoms. The number of nitrogens with one attached hydrogen (secondary N) is 1. The van der Waals surface area contributed by atoms with Crippen LogP contribution in [0.15, 0.2) is 42.0 Å². The van der Waals surface area contributed by atoms with Crippen molar-refractivity contribution in [2.75, 3.05) is 18.2 Å². The average molecular weight is 411 g/mol. The molecule has 1 saturated heterocycles. The first kappa shape index (κ1) is 20.3. The topological polar surface area (TPSA) is 67.9 Å². The first-order valence-corrected chi connectivity index (χ1v) is 9.28. The lowest BCUT2D eigenvalue weighted by Gasteiger charge is -2.15. The van der Waals surface area contributed by atoms with Crippen molar-refractivity contribution in [3.8, 4) is 23.8 Å². The van der Waals surface area contributed by atoms with E-state index in [0.717, 1.165) is 5.56 Å². The lowest BCUT2D eigenvalue weighted by Crippen LogP contribution is -2.35. The van der Waals surface area contributed by atoms with Gasteiger partial charge in [0, 0.05) is 5.02 Å². The van der Waals surface area contributed by atoms with Gasteiger partial charge in [-0.3, -0.25) is 15.0 Å². The number of terminal acetylenes is 1. The third-order valence-electron chi connectivity index (χ3n) is 4.19. The predicted molar refractivity (Wildman–Crippen MR) is 112 cm³/mol. The molecule has 1 aliphatic heterocycles. The maximum Gasteiger partial charge on any atom is 0.282 e. The smallest absolute Gasteiger partial charge is 0.282 e. The van der Waals surface area contributed by atoms with Crippen molar-refractivity contribution < 1.29 is 19.1 Å². The number of hydrogen-bond donors (Lipinski definition) is 1. The molecular formula is C22H19ClN2O4. The monoisotopic (exact) mass is 410 g/mol. The van der Waals surface area contributed by atoms with Gasteiger partial charge in [0.2, 0.25) is 0 Å². The molecule has 2 aromatic carbocycles. The van der Waals surface area contributed by atoms with E-state index in [9.17, 15) is 9.59 Å². The van der Waals surface area contributed by atoms with Gasteiger partial charge in [-0.1, -0.05) is 29.7 Å². The van der Waals surface area contributed by atoms with Crippen LogP contribution in [0.1, 0.15) is 18.1 Å². The van der Waals surface area contributed by atoms with E-state index >= 15 is 0 Å². The van der Waals surface area contributed by atoms with Crippen LogP contribution < -0.4 is 19.9 Å². The van der Waals surface area contributed by atoms with E-state index in [1.807, 2.05) is 13.8 Å². The minimum Gasteiger partial charge on any atom is -0.490 e. The summed E-state index contributed by atoms with van der Waals surface area (Å²) >= 11 is 6.14. The van der Waals surface area contributed by atoms with Gasteiger partial charge in [0.1, 0.15) is 12.2 Å². The molecule has 1 aliphatic rings. The molecule has 6 nitrogen and oxygen atoms in total. The molecule has 2 amide bonds. The molecule has 1 N–H and O–H groups in total. The van der Waals surface area contributed by atoms with Crippen molar-refractivity contribution in [2.24, 2.45) is 0 Å². The number of ether oxygens (including phenoxy) is 2. The molecule has 3 rings (SSSR count). The van der Waals surface area contributed by atoms with E-state index in [1.165, 1.54) is 11.1 Å². The van der Waals surface area contributed by atoms with Crippen LogP contribution in [0.25, 0.3) is 6.08 Å². The highest BCUT2D eigenvalue weighted by atomic mass is 35.5. The minimum atomic E-state index is -0.502. The molecule has 7 heteroatoms. The maximum atomic E-state index is 12.8. The fourth-order valence-electron chi connectivity index (χ4n) is 2.75. The minimum absolute atomic E-state index is 0.00133. The van der Waals surface area contributed by atoms with Crippen molar-refractivity contribution in [3.05, 3.63) is 58.1 Å². The standard InChI is InChI=1S/C22H19ClN2O4/c1-4-10-29-19-9-7-15(12-20(19)28-5-2)11-17-21(26)24-25(22(17)27)16-8-6-14(3)18(23)13-16/h1,6-9,11-13H,5,10H2,2-3H3,(H,24,26)/b17-11-. The predicted octanol–water partition coefficient (Wildman–Crippen LogP) is 3.52. The highest BCUT2D eigenvalue weighted by Gasteiger charge is 2.34. The molecule has 0 spiro atoms. The number of carbonyl (C=O) groups excluding carboxylic acids is 2. The molecule has 29 heavy (non-hydrogen) atoms. The fourth-order valence-corrected chi connectivity index (χ4v) is 2.92. The van der Waals surface area contributed by atoms with Crippen LogP contribution in [-0.2, 0) is 9.59 Å². The molecule has 0 saturated carbocycles. The number of hydrazine groups is 1. The summed E-state index contributed by atoms with van der Waals surface area (Å²) < 4.78 is 11.0. The Morgan fingerprint density at radius 3 is 2.66 bits per heavy atom. The molecule has 1 fully saturated rings. The normalized spacial score (nSPS) is 14.7. The van der Waals surface area contributed by atoms with Crippen LogP contribution in [0.3, 0.4) is 0 Å².